The SMILES string of the molecule is Cc1ccc(Sc2ccc(NC(=O)CCN3CCCC3=O)cc2)cc1C. The second-order valence-corrected chi connectivity index (χ2v) is 7.80. The van der Waals surface area contributed by atoms with E-state index >= 15 is 0 Å². The number of amides is 2. The quantitative estimate of drug-likeness (QED) is 0.822. The molecular formula is C21H24N2O2S. The molecule has 1 heterocycles. The topological polar surface area (TPSA) is 49.4 Å². The van der Waals surface area contributed by atoms with Crippen molar-refractivity contribution in [3.8, 4) is 0 Å². The fourth-order valence-corrected chi connectivity index (χ4v) is 3.84. The van der Waals surface area contributed by atoms with E-state index in [2.05, 4.69) is 37.4 Å². The number of hydrogen-bond acceptors (Lipinski definition) is 3. The monoisotopic (exact) mass is 368 g/mol. The van der Waals surface area contributed by atoms with Gasteiger partial charge in [-0.2, -0.15) is 0 Å². The van der Waals surface area contributed by atoms with Gasteiger partial charge in [0.25, 0.3) is 0 Å². The van der Waals surface area contributed by atoms with Gasteiger partial charge in [-0.1, -0.05) is 17.8 Å². The zero-order valence-corrected chi connectivity index (χ0v) is 16.1. The molecule has 4 nitrogen and oxygen atoms in total. The molecular weight excluding hydrogens is 344 g/mol. The number of likely N-dealkylation sites (tertiary alicyclic amines) is 1. The van der Waals surface area contributed by atoms with Crippen molar-refractivity contribution in [3.63, 3.8) is 0 Å². The number of carbonyl (C=O) groups is 2. The van der Waals surface area contributed by atoms with Crippen LogP contribution in [-0.4, -0.2) is 29.8 Å². The largest absolute Gasteiger partial charge is 0.342 e. The summed E-state index contributed by atoms with van der Waals surface area (Å²) in [6, 6.07) is 14.3. The third kappa shape index (κ3) is 4.88. The van der Waals surface area contributed by atoms with E-state index in [0.717, 1.165) is 23.5 Å². The third-order valence-electron chi connectivity index (χ3n) is 4.63. The molecule has 1 aliphatic heterocycles. The van der Waals surface area contributed by atoms with Gasteiger partial charge in [0.05, 0.1) is 0 Å². The number of aryl methyl sites for hydroxylation is 2. The zero-order chi connectivity index (χ0) is 18.5. The van der Waals surface area contributed by atoms with E-state index < -0.39 is 0 Å². The third-order valence-corrected chi connectivity index (χ3v) is 5.63. The maximum atomic E-state index is 12.1. The fraction of sp³-hybridized carbons (Fsp3) is 0.333. The van der Waals surface area contributed by atoms with E-state index in [1.54, 1.807) is 16.7 Å². The van der Waals surface area contributed by atoms with Gasteiger partial charge in [0.1, 0.15) is 0 Å². The summed E-state index contributed by atoms with van der Waals surface area (Å²) in [5.41, 5.74) is 3.37. The summed E-state index contributed by atoms with van der Waals surface area (Å²) in [4.78, 5) is 27.7. The number of carbonyl (C=O) groups excluding carboxylic acids is 2. The van der Waals surface area contributed by atoms with E-state index in [0.29, 0.717) is 19.4 Å². The standard InChI is InChI=1S/C21H24N2O2S/c1-15-5-8-19(14-16(15)2)26-18-9-6-17(7-10-18)22-20(24)11-13-23-12-3-4-21(23)25/h5-10,14H,3-4,11-13H2,1-2H3,(H,22,24). The van der Waals surface area contributed by atoms with Crippen molar-refractivity contribution in [2.24, 2.45) is 0 Å². The highest BCUT2D eigenvalue weighted by molar-refractivity contribution is 7.99. The Kier molecular flexibility index (Phi) is 5.99. The summed E-state index contributed by atoms with van der Waals surface area (Å²) in [5.74, 6) is 0.102. The summed E-state index contributed by atoms with van der Waals surface area (Å²) in [7, 11) is 0. The van der Waals surface area contributed by atoms with Gasteiger partial charge in [0, 0.05) is 41.4 Å². The van der Waals surface area contributed by atoms with Crippen LogP contribution in [0.2, 0.25) is 0 Å². The average Bonchev–Trinajstić information content (AvgIpc) is 3.03. The first-order valence-electron chi connectivity index (χ1n) is 8.94. The molecule has 0 atom stereocenters. The molecule has 0 saturated carbocycles. The minimum atomic E-state index is -0.0562. The molecule has 136 valence electrons. The van der Waals surface area contributed by atoms with Gasteiger partial charge < -0.3 is 10.2 Å². The van der Waals surface area contributed by atoms with E-state index in [-0.39, 0.29) is 11.8 Å². The predicted octanol–water partition coefficient (Wildman–Crippen LogP) is 4.41. The molecule has 0 bridgehead atoms. The molecule has 1 N–H and O–H groups in total. The van der Waals surface area contributed by atoms with E-state index in [1.807, 2.05) is 24.3 Å². The predicted molar refractivity (Wildman–Crippen MR) is 106 cm³/mol. The highest BCUT2D eigenvalue weighted by atomic mass is 32.2. The number of nitrogens with zero attached hydrogens (tertiary/aromatic N) is 1. The normalized spacial score (nSPS) is 13.9. The molecule has 1 fully saturated rings. The maximum Gasteiger partial charge on any atom is 0.226 e. The first-order chi connectivity index (χ1) is 12.5. The molecule has 0 unspecified atom stereocenters. The van der Waals surface area contributed by atoms with Crippen LogP contribution >= 0.6 is 11.8 Å². The highest BCUT2D eigenvalue weighted by Gasteiger charge is 2.20. The van der Waals surface area contributed by atoms with Gasteiger partial charge >= 0.3 is 0 Å². The minimum absolute atomic E-state index is 0.0562. The molecule has 5 heteroatoms. The van der Waals surface area contributed by atoms with E-state index in [9.17, 15) is 9.59 Å². The van der Waals surface area contributed by atoms with Crippen LogP contribution in [0.15, 0.2) is 52.3 Å². The lowest BCUT2D eigenvalue weighted by Crippen LogP contribution is -2.28. The fourth-order valence-electron chi connectivity index (χ4n) is 2.92. The molecule has 1 saturated heterocycles. The lowest BCUT2D eigenvalue weighted by molar-refractivity contribution is -0.128. The van der Waals surface area contributed by atoms with Crippen molar-refractivity contribution in [3.05, 3.63) is 53.6 Å². The zero-order valence-electron chi connectivity index (χ0n) is 15.2. The Balaban J connectivity index is 1.51. The van der Waals surface area contributed by atoms with Crippen LogP contribution < -0.4 is 5.32 Å². The van der Waals surface area contributed by atoms with E-state index in [1.165, 1.54) is 16.0 Å². The molecule has 2 aromatic rings. The van der Waals surface area contributed by atoms with Crippen LogP contribution in [-0.2, 0) is 9.59 Å². The lowest BCUT2D eigenvalue weighted by Gasteiger charge is -2.15. The Hall–Kier alpha value is -2.27. The summed E-state index contributed by atoms with van der Waals surface area (Å²) >= 11 is 1.71. The molecule has 2 amide bonds. The second-order valence-electron chi connectivity index (χ2n) is 6.66. The van der Waals surface area contributed by atoms with Gasteiger partial charge in [-0.05, 0) is 67.8 Å². The van der Waals surface area contributed by atoms with Crippen molar-refractivity contribution >= 4 is 29.3 Å². The number of anilines is 1. The van der Waals surface area contributed by atoms with E-state index in [4.69, 9.17) is 0 Å². The molecule has 0 spiro atoms. The van der Waals surface area contributed by atoms with Crippen LogP contribution in [0.5, 0.6) is 0 Å². The maximum absolute atomic E-state index is 12.1. The molecule has 1 aliphatic rings. The summed E-state index contributed by atoms with van der Waals surface area (Å²) in [6.45, 7) is 5.51. The van der Waals surface area contributed by atoms with Crippen LogP contribution in [0.1, 0.15) is 30.4 Å². The molecule has 2 aromatic carbocycles. The Morgan fingerprint density at radius 2 is 1.81 bits per heavy atom. The van der Waals surface area contributed by atoms with Gasteiger partial charge in [0.15, 0.2) is 0 Å². The van der Waals surface area contributed by atoms with Gasteiger partial charge in [-0.3, -0.25) is 9.59 Å². The van der Waals surface area contributed by atoms with Crippen molar-refractivity contribution in [1.82, 2.24) is 4.90 Å². The van der Waals surface area contributed by atoms with Gasteiger partial charge in [-0.15, -0.1) is 0 Å². The molecule has 0 aliphatic carbocycles. The van der Waals surface area contributed by atoms with Crippen molar-refractivity contribution in [1.29, 1.82) is 0 Å². The summed E-state index contributed by atoms with van der Waals surface area (Å²) in [6.07, 6.45) is 1.85. The summed E-state index contributed by atoms with van der Waals surface area (Å²) < 4.78 is 0. The minimum Gasteiger partial charge on any atom is -0.342 e. The van der Waals surface area contributed by atoms with Gasteiger partial charge in [-0.25, -0.2) is 0 Å². The smallest absolute Gasteiger partial charge is 0.226 e. The van der Waals surface area contributed by atoms with Crippen LogP contribution in [0, 0.1) is 13.8 Å². The van der Waals surface area contributed by atoms with Crippen LogP contribution in [0.4, 0.5) is 5.69 Å². The average molecular weight is 369 g/mol. The van der Waals surface area contributed by atoms with Crippen molar-refractivity contribution in [2.45, 2.75) is 42.9 Å². The van der Waals surface area contributed by atoms with Gasteiger partial charge in [0.2, 0.25) is 11.8 Å². The molecule has 0 radical (unpaired) electrons. The van der Waals surface area contributed by atoms with Crippen molar-refractivity contribution < 1.29 is 9.59 Å². The second kappa shape index (κ2) is 8.41. The van der Waals surface area contributed by atoms with Crippen LogP contribution in [0.3, 0.4) is 0 Å². The number of hydrogen-bond donors (Lipinski definition) is 1. The number of rotatable bonds is 6. The molecule has 26 heavy (non-hydrogen) atoms. The first kappa shape index (κ1) is 18.5. The lowest BCUT2D eigenvalue weighted by atomic mass is 10.1. The van der Waals surface area contributed by atoms with Crippen LogP contribution in [0.25, 0.3) is 0 Å². The highest BCUT2D eigenvalue weighted by Crippen LogP contribution is 2.29. The molecule has 0 aromatic heterocycles. The Bertz CT molecular complexity index is 802. The molecule has 3 rings (SSSR count). The Morgan fingerprint density at radius 3 is 2.46 bits per heavy atom. The van der Waals surface area contributed by atoms with Crippen molar-refractivity contribution in [2.75, 3.05) is 18.4 Å². The summed E-state index contributed by atoms with van der Waals surface area (Å²) in [5, 5.41) is 2.90. The Morgan fingerprint density at radius 1 is 1.08 bits per heavy atom. The number of nitrogens with one attached hydrogen (secondary N) is 1. The Labute approximate surface area is 159 Å². The first-order valence-corrected chi connectivity index (χ1v) is 9.76. The number of benzene rings is 2.